The van der Waals surface area contributed by atoms with Crippen molar-refractivity contribution in [2.24, 2.45) is 5.92 Å². The summed E-state index contributed by atoms with van der Waals surface area (Å²) in [6.45, 7) is 0.732. The zero-order valence-electron chi connectivity index (χ0n) is 16.7. The fraction of sp³-hybridized carbons (Fsp3) is 0.409. The third-order valence-electron chi connectivity index (χ3n) is 5.22. The van der Waals surface area contributed by atoms with Gasteiger partial charge in [0.2, 0.25) is 15.9 Å². The molecule has 2 aromatic rings. The summed E-state index contributed by atoms with van der Waals surface area (Å²) in [4.78, 5) is 12.6. The molecule has 1 aliphatic heterocycles. The second kappa shape index (κ2) is 9.89. The van der Waals surface area contributed by atoms with Crippen molar-refractivity contribution in [2.75, 3.05) is 31.3 Å². The maximum Gasteiger partial charge on any atom is 0.228 e. The molecule has 1 amide bonds. The molecule has 0 spiro atoms. The highest BCUT2D eigenvalue weighted by Crippen LogP contribution is 2.23. The number of methoxy groups -OCH3 is 1. The lowest BCUT2D eigenvalue weighted by Gasteiger charge is -2.31. The van der Waals surface area contributed by atoms with Crippen LogP contribution in [0.4, 0.5) is 5.69 Å². The van der Waals surface area contributed by atoms with Gasteiger partial charge < -0.3 is 10.1 Å². The van der Waals surface area contributed by atoms with Crippen LogP contribution in [-0.2, 0) is 21.2 Å². The van der Waals surface area contributed by atoms with Gasteiger partial charge in [0.05, 0.1) is 18.8 Å². The van der Waals surface area contributed by atoms with Gasteiger partial charge in [-0.05, 0) is 55.5 Å². The summed E-state index contributed by atoms with van der Waals surface area (Å²) in [5.41, 5.74) is 1.82. The van der Waals surface area contributed by atoms with E-state index in [0.29, 0.717) is 37.2 Å². The zero-order chi connectivity index (χ0) is 20.7. The van der Waals surface area contributed by atoms with Crippen LogP contribution >= 0.6 is 0 Å². The summed E-state index contributed by atoms with van der Waals surface area (Å²) >= 11 is 0. The number of anilines is 1. The van der Waals surface area contributed by atoms with Crippen molar-refractivity contribution in [3.05, 3.63) is 60.2 Å². The Kier molecular flexibility index (Phi) is 7.28. The van der Waals surface area contributed by atoms with E-state index in [1.54, 1.807) is 31.4 Å². The smallest absolute Gasteiger partial charge is 0.228 e. The zero-order valence-corrected chi connectivity index (χ0v) is 17.5. The number of nitrogens with one attached hydrogen (secondary N) is 1. The molecule has 1 heterocycles. The van der Waals surface area contributed by atoms with Crippen molar-refractivity contribution in [2.45, 2.75) is 25.7 Å². The molecule has 3 rings (SSSR count). The highest BCUT2D eigenvalue weighted by atomic mass is 32.2. The Labute approximate surface area is 172 Å². The molecule has 1 atom stereocenters. The standard InChI is InChI=1S/C22H28N2O4S/c1-28-21-13-11-20(12-14-21)23-22(25)19-10-5-15-24(17-19)29(26,27)16-6-9-18-7-3-2-4-8-18/h2-4,7-8,11-14,19H,5-6,9-10,15-17H2,1H3,(H,23,25)/t19-/m0/s1. The summed E-state index contributed by atoms with van der Waals surface area (Å²) < 4.78 is 32.1. The molecule has 0 aromatic heterocycles. The number of hydrogen-bond acceptors (Lipinski definition) is 4. The molecule has 29 heavy (non-hydrogen) atoms. The van der Waals surface area contributed by atoms with Crippen LogP contribution in [-0.4, -0.2) is 44.6 Å². The van der Waals surface area contributed by atoms with Gasteiger partial charge >= 0.3 is 0 Å². The number of amides is 1. The van der Waals surface area contributed by atoms with Gasteiger partial charge in [-0.15, -0.1) is 0 Å². The lowest BCUT2D eigenvalue weighted by molar-refractivity contribution is -0.120. The molecule has 1 saturated heterocycles. The molecule has 1 aliphatic rings. The minimum absolute atomic E-state index is 0.106. The first-order chi connectivity index (χ1) is 14.0. The van der Waals surface area contributed by atoms with E-state index in [2.05, 4.69) is 5.32 Å². The third kappa shape index (κ3) is 6.05. The summed E-state index contributed by atoms with van der Waals surface area (Å²) in [5.74, 6) is 0.344. The molecular weight excluding hydrogens is 388 g/mol. The fourth-order valence-electron chi connectivity index (χ4n) is 3.56. The van der Waals surface area contributed by atoms with Crippen molar-refractivity contribution in [3.63, 3.8) is 0 Å². The number of rotatable bonds is 8. The summed E-state index contributed by atoms with van der Waals surface area (Å²) in [6, 6.07) is 17.0. The molecule has 1 N–H and O–H groups in total. The molecule has 6 nitrogen and oxygen atoms in total. The Morgan fingerprint density at radius 3 is 2.55 bits per heavy atom. The number of carbonyl (C=O) groups excluding carboxylic acids is 1. The first-order valence-corrected chi connectivity index (χ1v) is 11.6. The monoisotopic (exact) mass is 416 g/mol. The second-order valence-electron chi connectivity index (χ2n) is 7.32. The van der Waals surface area contributed by atoms with E-state index in [9.17, 15) is 13.2 Å². The number of carbonyl (C=O) groups is 1. The van der Waals surface area contributed by atoms with Gasteiger partial charge in [0, 0.05) is 18.8 Å². The van der Waals surface area contributed by atoms with E-state index in [4.69, 9.17) is 4.74 Å². The van der Waals surface area contributed by atoms with Crippen molar-refractivity contribution >= 4 is 21.6 Å². The van der Waals surface area contributed by atoms with E-state index in [1.807, 2.05) is 30.3 Å². The molecule has 0 saturated carbocycles. The van der Waals surface area contributed by atoms with Gasteiger partial charge in [-0.3, -0.25) is 4.79 Å². The molecular formula is C22H28N2O4S. The number of piperidine rings is 1. The van der Waals surface area contributed by atoms with E-state index in [1.165, 1.54) is 4.31 Å². The summed E-state index contributed by atoms with van der Waals surface area (Å²) in [5, 5.41) is 2.88. The Balaban J connectivity index is 1.53. The van der Waals surface area contributed by atoms with Crippen LogP contribution in [0.5, 0.6) is 5.75 Å². The Morgan fingerprint density at radius 2 is 1.86 bits per heavy atom. The molecule has 7 heteroatoms. The molecule has 1 fully saturated rings. The average molecular weight is 417 g/mol. The van der Waals surface area contributed by atoms with Crippen LogP contribution in [0, 0.1) is 5.92 Å². The largest absolute Gasteiger partial charge is 0.497 e. The summed E-state index contributed by atoms with van der Waals surface area (Å²) in [7, 11) is -1.78. The van der Waals surface area contributed by atoms with Crippen LogP contribution in [0.1, 0.15) is 24.8 Å². The van der Waals surface area contributed by atoms with Crippen LogP contribution in [0.3, 0.4) is 0 Å². The highest BCUT2D eigenvalue weighted by molar-refractivity contribution is 7.89. The van der Waals surface area contributed by atoms with Crippen LogP contribution in [0.15, 0.2) is 54.6 Å². The molecule has 0 bridgehead atoms. The number of aryl methyl sites for hydroxylation is 1. The van der Waals surface area contributed by atoms with Gasteiger partial charge in [-0.25, -0.2) is 12.7 Å². The Hall–Kier alpha value is -2.38. The van der Waals surface area contributed by atoms with Gasteiger partial charge in [-0.1, -0.05) is 30.3 Å². The van der Waals surface area contributed by atoms with Crippen molar-refractivity contribution in [3.8, 4) is 5.75 Å². The molecule has 0 unspecified atom stereocenters. The second-order valence-corrected chi connectivity index (χ2v) is 9.41. The van der Waals surface area contributed by atoms with Gasteiger partial charge in [0.1, 0.15) is 5.75 Å². The Morgan fingerprint density at radius 1 is 1.14 bits per heavy atom. The predicted molar refractivity (Wildman–Crippen MR) is 114 cm³/mol. The normalized spacial score (nSPS) is 17.6. The first-order valence-electron chi connectivity index (χ1n) is 9.94. The number of ether oxygens (including phenoxy) is 1. The number of benzene rings is 2. The molecule has 2 aromatic carbocycles. The highest BCUT2D eigenvalue weighted by Gasteiger charge is 2.32. The maximum atomic E-state index is 12.8. The average Bonchev–Trinajstić information content (AvgIpc) is 2.75. The van der Waals surface area contributed by atoms with Crippen LogP contribution in [0.25, 0.3) is 0 Å². The minimum atomic E-state index is -3.36. The number of nitrogens with zero attached hydrogens (tertiary/aromatic N) is 1. The first kappa shape index (κ1) is 21.3. The van der Waals surface area contributed by atoms with Crippen LogP contribution in [0.2, 0.25) is 0 Å². The minimum Gasteiger partial charge on any atom is -0.497 e. The molecule has 0 aliphatic carbocycles. The van der Waals surface area contributed by atoms with Crippen LogP contribution < -0.4 is 10.1 Å². The third-order valence-corrected chi connectivity index (χ3v) is 7.14. The van der Waals surface area contributed by atoms with E-state index in [-0.39, 0.29) is 24.1 Å². The van der Waals surface area contributed by atoms with Crippen molar-refractivity contribution in [1.82, 2.24) is 4.31 Å². The summed E-state index contributed by atoms with van der Waals surface area (Å²) in [6.07, 6.45) is 2.69. The van der Waals surface area contributed by atoms with Gasteiger partial charge in [-0.2, -0.15) is 0 Å². The topological polar surface area (TPSA) is 75.7 Å². The number of hydrogen-bond donors (Lipinski definition) is 1. The molecule has 156 valence electrons. The van der Waals surface area contributed by atoms with E-state index < -0.39 is 10.0 Å². The Bertz CT molecular complexity index is 898. The lowest BCUT2D eigenvalue weighted by Crippen LogP contribution is -2.44. The van der Waals surface area contributed by atoms with Gasteiger partial charge in [0.15, 0.2) is 0 Å². The van der Waals surface area contributed by atoms with E-state index in [0.717, 1.165) is 12.0 Å². The predicted octanol–water partition coefficient (Wildman–Crippen LogP) is 3.31. The quantitative estimate of drug-likeness (QED) is 0.716. The van der Waals surface area contributed by atoms with E-state index >= 15 is 0 Å². The lowest BCUT2D eigenvalue weighted by atomic mass is 9.99. The SMILES string of the molecule is COc1ccc(NC(=O)[C@H]2CCCN(S(=O)(=O)CCCc3ccccc3)C2)cc1. The number of sulfonamides is 1. The van der Waals surface area contributed by atoms with Crippen molar-refractivity contribution in [1.29, 1.82) is 0 Å². The molecule has 0 radical (unpaired) electrons. The van der Waals surface area contributed by atoms with Gasteiger partial charge in [0.25, 0.3) is 0 Å². The maximum absolute atomic E-state index is 12.8. The van der Waals surface area contributed by atoms with Crippen molar-refractivity contribution < 1.29 is 17.9 Å². The fourth-order valence-corrected chi connectivity index (χ4v) is 5.14.